The Labute approximate surface area is 207 Å². The van der Waals surface area contributed by atoms with E-state index in [1.54, 1.807) is 24.4 Å². The zero-order valence-corrected chi connectivity index (χ0v) is 19.9. The number of nitrogens with one attached hydrogen (secondary N) is 1. The number of fused-ring (bicyclic) bond motifs is 3. The van der Waals surface area contributed by atoms with Crippen LogP contribution in [0.4, 0.5) is 0 Å². The molecule has 2 fully saturated rings. The van der Waals surface area contributed by atoms with Crippen molar-refractivity contribution >= 4 is 11.9 Å². The van der Waals surface area contributed by atoms with Crippen LogP contribution < -0.4 is 5.32 Å². The number of cyclic esters (lactones) is 1. The highest BCUT2D eigenvalue weighted by molar-refractivity contribution is 5.94. The van der Waals surface area contributed by atoms with Crippen LogP contribution in [0.5, 0.6) is 0 Å². The first kappa shape index (κ1) is 22.7. The van der Waals surface area contributed by atoms with Gasteiger partial charge in [-0.25, -0.2) is 9.78 Å². The van der Waals surface area contributed by atoms with Crippen molar-refractivity contribution in [3.05, 3.63) is 64.7 Å². The SMILES string of the molecule is Cc1c([C@@H](O)CN2C3CCC2CC(NC(=O)c2ccc(-n4cnnn4)cn2)C3)ccc2c1COC2=O. The van der Waals surface area contributed by atoms with Crippen LogP contribution in [0.25, 0.3) is 5.69 Å². The summed E-state index contributed by atoms with van der Waals surface area (Å²) in [4.78, 5) is 31.3. The number of aliphatic hydroxyl groups is 1. The van der Waals surface area contributed by atoms with Gasteiger partial charge in [0.1, 0.15) is 18.6 Å². The molecule has 11 heteroatoms. The highest BCUT2D eigenvalue weighted by Crippen LogP contribution is 2.38. The van der Waals surface area contributed by atoms with Crippen molar-refractivity contribution in [2.75, 3.05) is 6.54 Å². The zero-order valence-electron chi connectivity index (χ0n) is 19.9. The number of ether oxygens (including phenoxy) is 1. The van der Waals surface area contributed by atoms with Crippen molar-refractivity contribution in [2.24, 2.45) is 0 Å². The van der Waals surface area contributed by atoms with E-state index in [1.165, 1.54) is 11.0 Å². The molecule has 0 saturated carbocycles. The molecule has 2 unspecified atom stereocenters. The van der Waals surface area contributed by atoms with Gasteiger partial charge >= 0.3 is 5.97 Å². The summed E-state index contributed by atoms with van der Waals surface area (Å²) in [6.07, 6.45) is 6.16. The molecule has 0 spiro atoms. The Balaban J connectivity index is 1.08. The molecule has 3 aliphatic heterocycles. The molecule has 2 bridgehead atoms. The topological polar surface area (TPSA) is 135 Å². The largest absolute Gasteiger partial charge is 0.457 e. The van der Waals surface area contributed by atoms with Crippen LogP contribution in [-0.4, -0.2) is 71.7 Å². The lowest BCUT2D eigenvalue weighted by Crippen LogP contribution is -2.51. The normalized spacial score (nSPS) is 23.8. The van der Waals surface area contributed by atoms with Crippen LogP contribution in [0, 0.1) is 6.92 Å². The van der Waals surface area contributed by atoms with Crippen molar-refractivity contribution in [1.82, 2.24) is 35.4 Å². The monoisotopic (exact) mass is 489 g/mol. The fraction of sp³-hybridized carbons (Fsp3) is 0.440. The number of nitrogens with zero attached hydrogens (tertiary/aromatic N) is 6. The predicted molar refractivity (Wildman–Crippen MR) is 126 cm³/mol. The summed E-state index contributed by atoms with van der Waals surface area (Å²) >= 11 is 0. The Kier molecular flexibility index (Phi) is 5.73. The highest BCUT2D eigenvalue weighted by Gasteiger charge is 2.42. The average molecular weight is 490 g/mol. The second kappa shape index (κ2) is 9.07. The van der Waals surface area contributed by atoms with Gasteiger partial charge in [0.05, 0.1) is 23.6 Å². The molecular formula is C25H27N7O4. The number of aliphatic hydroxyl groups excluding tert-OH is 1. The molecule has 2 N–H and O–H groups in total. The Morgan fingerprint density at radius 1 is 1.22 bits per heavy atom. The first-order valence-electron chi connectivity index (χ1n) is 12.2. The Bertz CT molecular complexity index is 1280. The van der Waals surface area contributed by atoms with Crippen molar-refractivity contribution < 1.29 is 19.4 Å². The summed E-state index contributed by atoms with van der Waals surface area (Å²) < 4.78 is 6.63. The van der Waals surface area contributed by atoms with E-state index in [2.05, 4.69) is 30.7 Å². The third-order valence-corrected chi connectivity index (χ3v) is 7.76. The summed E-state index contributed by atoms with van der Waals surface area (Å²) in [6, 6.07) is 7.71. The number of tetrazole rings is 1. The van der Waals surface area contributed by atoms with Crippen LogP contribution in [0.3, 0.4) is 0 Å². The quantitative estimate of drug-likeness (QED) is 0.494. The summed E-state index contributed by atoms with van der Waals surface area (Å²) in [6.45, 7) is 2.75. The Morgan fingerprint density at radius 3 is 2.72 bits per heavy atom. The number of esters is 1. The number of hydrogen-bond acceptors (Lipinski definition) is 9. The van der Waals surface area contributed by atoms with Gasteiger partial charge in [0.25, 0.3) is 5.91 Å². The molecule has 0 radical (unpaired) electrons. The number of rotatable bonds is 6. The highest BCUT2D eigenvalue weighted by atomic mass is 16.5. The van der Waals surface area contributed by atoms with E-state index in [0.29, 0.717) is 35.6 Å². The van der Waals surface area contributed by atoms with Crippen LogP contribution >= 0.6 is 0 Å². The smallest absolute Gasteiger partial charge is 0.338 e. The minimum absolute atomic E-state index is 0.0641. The van der Waals surface area contributed by atoms with Gasteiger partial charge < -0.3 is 15.2 Å². The van der Waals surface area contributed by atoms with Crippen LogP contribution in [0.15, 0.2) is 36.8 Å². The lowest BCUT2D eigenvalue weighted by atomic mass is 9.93. The van der Waals surface area contributed by atoms with Gasteiger partial charge in [-0.2, -0.15) is 4.68 Å². The van der Waals surface area contributed by atoms with Crippen LogP contribution in [0.1, 0.15) is 69.3 Å². The fourth-order valence-electron chi connectivity index (χ4n) is 5.91. The molecule has 11 nitrogen and oxygen atoms in total. The van der Waals surface area contributed by atoms with Crippen molar-refractivity contribution in [3.63, 3.8) is 0 Å². The van der Waals surface area contributed by atoms with Gasteiger partial charge in [-0.3, -0.25) is 9.69 Å². The molecule has 6 rings (SSSR count). The summed E-state index contributed by atoms with van der Waals surface area (Å²) in [5.41, 5.74) is 4.28. The van der Waals surface area contributed by atoms with Gasteiger partial charge in [-0.1, -0.05) is 6.07 Å². The molecule has 3 aliphatic rings. The number of carbonyl (C=O) groups excluding carboxylic acids is 2. The average Bonchev–Trinajstić information content (AvgIpc) is 3.59. The minimum atomic E-state index is -0.650. The van der Waals surface area contributed by atoms with Gasteiger partial charge in [-0.15, -0.1) is 5.10 Å². The van der Waals surface area contributed by atoms with E-state index >= 15 is 0 Å². The number of benzene rings is 1. The summed E-state index contributed by atoms with van der Waals surface area (Å²) in [5.74, 6) is -0.489. The molecule has 3 aromatic rings. The standard InChI is InChI=1S/C25H27N7O4/c1-14-19(5-6-20-21(14)12-36-25(20)35)23(33)11-31-16-2-3-17(31)9-15(8-16)28-24(34)22-7-4-18(10-26-22)32-13-27-29-30-32/h4-7,10,13,15-17,23,33H,2-3,8-9,11-12H2,1H3,(H,28,34)/t15?,16?,17?,23-/m0/s1. The first-order chi connectivity index (χ1) is 17.5. The molecule has 0 aliphatic carbocycles. The van der Waals surface area contributed by atoms with Gasteiger partial charge in [0.15, 0.2) is 0 Å². The molecular weight excluding hydrogens is 462 g/mol. The maximum atomic E-state index is 12.8. The maximum Gasteiger partial charge on any atom is 0.338 e. The molecule has 2 aromatic heterocycles. The lowest BCUT2D eigenvalue weighted by molar-refractivity contribution is 0.0495. The number of carbonyl (C=O) groups is 2. The second-order valence-corrected chi connectivity index (χ2v) is 9.78. The van der Waals surface area contributed by atoms with Crippen molar-refractivity contribution in [1.29, 1.82) is 0 Å². The van der Waals surface area contributed by atoms with E-state index in [4.69, 9.17) is 4.74 Å². The fourth-order valence-corrected chi connectivity index (χ4v) is 5.91. The first-order valence-corrected chi connectivity index (χ1v) is 12.2. The molecule has 36 heavy (non-hydrogen) atoms. The third kappa shape index (κ3) is 4.03. The molecule has 2 saturated heterocycles. The maximum absolute atomic E-state index is 12.8. The molecule has 5 heterocycles. The predicted octanol–water partition coefficient (Wildman–Crippen LogP) is 1.49. The Morgan fingerprint density at radius 2 is 2.03 bits per heavy atom. The van der Waals surface area contributed by atoms with E-state index in [9.17, 15) is 14.7 Å². The van der Waals surface area contributed by atoms with E-state index in [0.717, 1.165) is 42.4 Å². The van der Waals surface area contributed by atoms with Crippen LogP contribution in [0.2, 0.25) is 0 Å². The third-order valence-electron chi connectivity index (χ3n) is 7.76. The van der Waals surface area contributed by atoms with Crippen molar-refractivity contribution in [2.45, 2.75) is 63.4 Å². The molecule has 1 aromatic carbocycles. The summed E-state index contributed by atoms with van der Waals surface area (Å²) in [5, 5.41) is 25.3. The van der Waals surface area contributed by atoms with Crippen LogP contribution in [-0.2, 0) is 11.3 Å². The number of amides is 1. The zero-order chi connectivity index (χ0) is 24.8. The second-order valence-electron chi connectivity index (χ2n) is 9.78. The summed E-state index contributed by atoms with van der Waals surface area (Å²) in [7, 11) is 0. The molecule has 3 atom stereocenters. The minimum Gasteiger partial charge on any atom is -0.457 e. The van der Waals surface area contributed by atoms with E-state index in [1.807, 2.05) is 13.0 Å². The lowest BCUT2D eigenvalue weighted by Gasteiger charge is -2.40. The van der Waals surface area contributed by atoms with Gasteiger partial charge in [-0.05, 0) is 72.4 Å². The Hall–Kier alpha value is -3.70. The number of pyridine rings is 1. The number of aromatic nitrogens is 5. The van der Waals surface area contributed by atoms with E-state index in [-0.39, 0.29) is 24.5 Å². The van der Waals surface area contributed by atoms with Gasteiger partial charge in [0.2, 0.25) is 0 Å². The molecule has 186 valence electrons. The van der Waals surface area contributed by atoms with Gasteiger partial charge in [0, 0.05) is 30.2 Å². The molecule has 1 amide bonds. The van der Waals surface area contributed by atoms with E-state index < -0.39 is 6.10 Å². The number of hydrogen-bond donors (Lipinski definition) is 2. The van der Waals surface area contributed by atoms with Crippen molar-refractivity contribution in [3.8, 4) is 5.69 Å². The number of piperidine rings is 1.